The van der Waals surface area contributed by atoms with Crippen LogP contribution in [0.4, 0.5) is 13.2 Å². The van der Waals surface area contributed by atoms with Crippen LogP contribution in [-0.2, 0) is 17.5 Å². The second kappa shape index (κ2) is 7.72. The number of aryl methyl sites for hydroxylation is 1. The number of hydrogen-bond donors (Lipinski definition) is 0. The van der Waals surface area contributed by atoms with Crippen molar-refractivity contribution in [3.8, 4) is 0 Å². The molecular formula is C19H23F3N4O. The molecule has 1 unspecified atom stereocenters. The second-order valence-electron chi connectivity index (χ2n) is 6.97. The van der Waals surface area contributed by atoms with Gasteiger partial charge in [0.25, 0.3) is 0 Å². The van der Waals surface area contributed by atoms with Gasteiger partial charge in [-0.3, -0.25) is 14.4 Å². The molecule has 1 fully saturated rings. The zero-order valence-electron chi connectivity index (χ0n) is 15.4. The summed E-state index contributed by atoms with van der Waals surface area (Å²) in [5.74, 6) is 0.0109. The lowest BCUT2D eigenvalue weighted by Crippen LogP contribution is -2.49. The predicted molar refractivity (Wildman–Crippen MR) is 95.0 cm³/mol. The second-order valence-corrected chi connectivity index (χ2v) is 6.97. The van der Waals surface area contributed by atoms with Crippen molar-refractivity contribution in [2.24, 2.45) is 0 Å². The molecule has 1 aliphatic rings. The summed E-state index contributed by atoms with van der Waals surface area (Å²) in [6, 6.07) is 5.05. The van der Waals surface area contributed by atoms with Crippen LogP contribution < -0.4 is 0 Å². The number of aromatic nitrogens is 2. The molecule has 0 aliphatic carbocycles. The van der Waals surface area contributed by atoms with E-state index < -0.39 is 11.7 Å². The maximum absolute atomic E-state index is 12.8. The normalized spacial score (nSPS) is 17.1. The Morgan fingerprint density at radius 1 is 1.22 bits per heavy atom. The fraction of sp³-hybridized carbons (Fsp3) is 0.474. The van der Waals surface area contributed by atoms with Crippen molar-refractivity contribution in [3.05, 3.63) is 53.3 Å². The number of benzene rings is 1. The van der Waals surface area contributed by atoms with Gasteiger partial charge in [-0.05, 0) is 31.0 Å². The Kier molecular flexibility index (Phi) is 5.55. The molecule has 0 N–H and O–H groups in total. The Hall–Kier alpha value is -2.35. The van der Waals surface area contributed by atoms with Crippen LogP contribution in [0.25, 0.3) is 0 Å². The molecule has 27 heavy (non-hydrogen) atoms. The molecule has 1 atom stereocenters. The van der Waals surface area contributed by atoms with Crippen molar-refractivity contribution in [2.45, 2.75) is 32.6 Å². The van der Waals surface area contributed by atoms with E-state index in [1.54, 1.807) is 21.8 Å². The number of carbonyl (C=O) groups is 1. The van der Waals surface area contributed by atoms with Crippen molar-refractivity contribution in [2.75, 3.05) is 26.2 Å². The van der Waals surface area contributed by atoms with Crippen molar-refractivity contribution >= 4 is 5.91 Å². The predicted octanol–water partition coefficient (Wildman–Crippen LogP) is 3.12. The van der Waals surface area contributed by atoms with Gasteiger partial charge in [0.1, 0.15) is 6.04 Å². The molecule has 1 aromatic carbocycles. The molecule has 1 aliphatic heterocycles. The van der Waals surface area contributed by atoms with Crippen LogP contribution in [-0.4, -0.2) is 51.7 Å². The van der Waals surface area contributed by atoms with Gasteiger partial charge in [-0.2, -0.15) is 18.3 Å². The summed E-state index contributed by atoms with van der Waals surface area (Å²) in [4.78, 5) is 16.5. The smallest absolute Gasteiger partial charge is 0.338 e. The highest BCUT2D eigenvalue weighted by molar-refractivity contribution is 5.80. The minimum atomic E-state index is -4.33. The summed E-state index contributed by atoms with van der Waals surface area (Å²) in [5, 5.41) is 4.20. The van der Waals surface area contributed by atoms with E-state index in [1.165, 1.54) is 12.1 Å². The van der Waals surface area contributed by atoms with Gasteiger partial charge in [-0.1, -0.05) is 18.2 Å². The Bertz CT molecular complexity index is 794. The summed E-state index contributed by atoms with van der Waals surface area (Å²) >= 11 is 0. The lowest BCUT2D eigenvalue weighted by atomic mass is 10.1. The highest BCUT2D eigenvalue weighted by atomic mass is 19.4. The number of carbonyl (C=O) groups excluding carboxylic acids is 1. The first-order chi connectivity index (χ1) is 12.7. The number of amides is 1. The Labute approximate surface area is 156 Å². The highest BCUT2D eigenvalue weighted by Crippen LogP contribution is 2.29. The molecule has 8 heteroatoms. The number of alkyl halides is 3. The van der Waals surface area contributed by atoms with Crippen LogP contribution >= 0.6 is 0 Å². The Balaban J connectivity index is 1.55. The zero-order valence-corrected chi connectivity index (χ0v) is 15.4. The number of rotatable bonds is 4. The quantitative estimate of drug-likeness (QED) is 0.819. The van der Waals surface area contributed by atoms with E-state index in [2.05, 4.69) is 10.00 Å². The molecule has 1 aromatic heterocycles. The standard InChI is InChI=1S/C19H23F3N4O/c1-14-11-23-26(12-14)15(2)18(27)25-8-6-24(7-9-25)13-16-4-3-5-17(10-16)19(20,21)22/h3-5,10-12,15H,6-9,13H2,1-2H3. The van der Waals surface area contributed by atoms with Crippen LogP contribution in [0.1, 0.15) is 29.7 Å². The van der Waals surface area contributed by atoms with E-state index in [9.17, 15) is 18.0 Å². The number of hydrogen-bond acceptors (Lipinski definition) is 3. The molecule has 1 amide bonds. The van der Waals surface area contributed by atoms with E-state index in [4.69, 9.17) is 0 Å². The van der Waals surface area contributed by atoms with Crippen molar-refractivity contribution in [1.29, 1.82) is 0 Å². The van der Waals surface area contributed by atoms with E-state index in [1.807, 2.05) is 20.0 Å². The van der Waals surface area contributed by atoms with Gasteiger partial charge in [0.05, 0.1) is 11.8 Å². The molecule has 2 heterocycles. The van der Waals surface area contributed by atoms with E-state index in [-0.39, 0.29) is 11.9 Å². The van der Waals surface area contributed by atoms with Crippen LogP contribution in [0.5, 0.6) is 0 Å². The molecule has 1 saturated heterocycles. The van der Waals surface area contributed by atoms with E-state index >= 15 is 0 Å². The Morgan fingerprint density at radius 3 is 2.52 bits per heavy atom. The third kappa shape index (κ3) is 4.68. The van der Waals surface area contributed by atoms with Gasteiger partial charge in [0.15, 0.2) is 0 Å². The molecule has 0 radical (unpaired) electrons. The molecule has 3 rings (SSSR count). The average molecular weight is 380 g/mol. The maximum atomic E-state index is 12.8. The maximum Gasteiger partial charge on any atom is 0.416 e. The number of nitrogens with zero attached hydrogens (tertiary/aromatic N) is 4. The Morgan fingerprint density at radius 2 is 1.93 bits per heavy atom. The molecule has 2 aromatic rings. The SMILES string of the molecule is Cc1cnn(C(C)C(=O)N2CCN(Cc3cccc(C(F)(F)F)c3)CC2)c1. The minimum Gasteiger partial charge on any atom is -0.338 e. The molecular weight excluding hydrogens is 357 g/mol. The van der Waals surface area contributed by atoms with Gasteiger partial charge in [-0.15, -0.1) is 0 Å². The lowest BCUT2D eigenvalue weighted by Gasteiger charge is -2.36. The highest BCUT2D eigenvalue weighted by Gasteiger charge is 2.31. The lowest BCUT2D eigenvalue weighted by molar-refractivity contribution is -0.138. The summed E-state index contributed by atoms with van der Waals surface area (Å²) < 4.78 is 40.2. The van der Waals surface area contributed by atoms with Crippen LogP contribution in [0.3, 0.4) is 0 Å². The van der Waals surface area contributed by atoms with Gasteiger partial charge < -0.3 is 4.90 Å². The third-order valence-electron chi connectivity index (χ3n) is 4.83. The first kappa shape index (κ1) is 19.4. The summed E-state index contributed by atoms with van der Waals surface area (Å²) in [6.45, 7) is 6.57. The molecule has 0 bridgehead atoms. The van der Waals surface area contributed by atoms with Crippen LogP contribution in [0.2, 0.25) is 0 Å². The van der Waals surface area contributed by atoms with Crippen LogP contribution in [0, 0.1) is 6.92 Å². The fourth-order valence-corrected chi connectivity index (χ4v) is 3.25. The monoisotopic (exact) mass is 380 g/mol. The topological polar surface area (TPSA) is 41.4 Å². The molecule has 0 saturated carbocycles. The summed E-state index contributed by atoms with van der Waals surface area (Å²) in [7, 11) is 0. The van der Waals surface area contributed by atoms with Gasteiger partial charge >= 0.3 is 6.18 Å². The van der Waals surface area contributed by atoms with Crippen molar-refractivity contribution in [1.82, 2.24) is 19.6 Å². The average Bonchev–Trinajstić information content (AvgIpc) is 3.07. The van der Waals surface area contributed by atoms with Crippen molar-refractivity contribution < 1.29 is 18.0 Å². The summed E-state index contributed by atoms with van der Waals surface area (Å²) in [6.07, 6.45) is -0.772. The molecule has 0 spiro atoms. The van der Waals surface area contributed by atoms with Gasteiger partial charge in [-0.25, -0.2) is 0 Å². The largest absolute Gasteiger partial charge is 0.416 e. The van der Waals surface area contributed by atoms with Gasteiger partial charge in [0, 0.05) is 38.9 Å². The molecule has 5 nitrogen and oxygen atoms in total. The third-order valence-corrected chi connectivity index (χ3v) is 4.83. The van der Waals surface area contributed by atoms with E-state index in [0.717, 1.165) is 11.6 Å². The van der Waals surface area contributed by atoms with E-state index in [0.29, 0.717) is 38.3 Å². The number of piperazine rings is 1. The molecule has 146 valence electrons. The zero-order chi connectivity index (χ0) is 19.6. The first-order valence-corrected chi connectivity index (χ1v) is 8.92. The van der Waals surface area contributed by atoms with Gasteiger partial charge in [0.2, 0.25) is 5.91 Å². The minimum absolute atomic E-state index is 0.0109. The first-order valence-electron chi connectivity index (χ1n) is 8.92. The van der Waals surface area contributed by atoms with Crippen molar-refractivity contribution in [3.63, 3.8) is 0 Å². The summed E-state index contributed by atoms with van der Waals surface area (Å²) in [5.41, 5.74) is 1.00. The number of halogens is 3. The van der Waals surface area contributed by atoms with Crippen LogP contribution in [0.15, 0.2) is 36.7 Å². The fourth-order valence-electron chi connectivity index (χ4n) is 3.25.